The summed E-state index contributed by atoms with van der Waals surface area (Å²) in [5, 5.41) is 0. The van der Waals surface area contributed by atoms with E-state index in [0.717, 1.165) is 56.8 Å². The van der Waals surface area contributed by atoms with Gasteiger partial charge in [-0.15, -0.1) is 0 Å². The Morgan fingerprint density at radius 2 is 2.19 bits per heavy atom. The van der Waals surface area contributed by atoms with Crippen LogP contribution in [-0.2, 0) is 21.4 Å². The third-order valence-corrected chi connectivity index (χ3v) is 7.55. The highest BCUT2D eigenvalue weighted by molar-refractivity contribution is 5.90. The van der Waals surface area contributed by atoms with Crippen LogP contribution in [0.5, 0.6) is 11.5 Å². The number of hydrogen-bond acceptors (Lipinski definition) is 5. The highest BCUT2D eigenvalue weighted by atomic mass is 16.5. The van der Waals surface area contributed by atoms with Gasteiger partial charge in [0.1, 0.15) is 0 Å². The number of likely N-dealkylation sites (N-methyl/N-ethyl adjacent to an activating group) is 1. The third-order valence-electron chi connectivity index (χ3n) is 7.55. The molecule has 2 bridgehead atoms. The molecule has 2 aliphatic carbocycles. The summed E-state index contributed by atoms with van der Waals surface area (Å²) in [6.45, 7) is 3.90. The highest BCUT2D eigenvalue weighted by Gasteiger charge is 2.73. The number of likely N-dealkylation sites (tertiary alicyclic amines) is 1. The van der Waals surface area contributed by atoms with Gasteiger partial charge >= 0.3 is 0 Å². The number of hydrogen-bond donors (Lipinski definition) is 0. The summed E-state index contributed by atoms with van der Waals surface area (Å²) < 4.78 is 18.8. The molecule has 5 rings (SSSR count). The van der Waals surface area contributed by atoms with Crippen molar-refractivity contribution in [3.8, 4) is 11.5 Å². The first-order valence-corrected chi connectivity index (χ1v) is 10.3. The minimum Gasteiger partial charge on any atom is -0.493 e. The molecule has 2 fully saturated rings. The van der Waals surface area contributed by atoms with E-state index in [-0.39, 0.29) is 22.8 Å². The molecule has 1 saturated heterocycles. The number of methoxy groups -OCH3 is 1. The Bertz CT molecular complexity index is 793. The van der Waals surface area contributed by atoms with Crippen molar-refractivity contribution in [2.24, 2.45) is 0 Å². The zero-order chi connectivity index (χ0) is 18.8. The van der Waals surface area contributed by atoms with Crippen molar-refractivity contribution in [3.05, 3.63) is 23.3 Å². The number of Topliss-reactive ketones (excluding diaryl/α,β-unsaturated/α-hetero) is 1. The zero-order valence-corrected chi connectivity index (χ0v) is 16.5. The van der Waals surface area contributed by atoms with E-state index in [1.807, 2.05) is 6.07 Å². The lowest BCUT2D eigenvalue weighted by Gasteiger charge is -2.64. The highest BCUT2D eigenvalue weighted by Crippen LogP contribution is 2.65. The van der Waals surface area contributed by atoms with Crippen LogP contribution in [0, 0.1) is 0 Å². The van der Waals surface area contributed by atoms with Crippen LogP contribution in [0.4, 0.5) is 0 Å². The van der Waals surface area contributed by atoms with Gasteiger partial charge in [0, 0.05) is 24.6 Å². The SMILES string of the molecule is CCCCO[C@@]12CCC(=O)C3Oc4c(OC)ccc5c4[C@@]31CCN(C)[C@@H]2C5. The van der Waals surface area contributed by atoms with Gasteiger partial charge in [0.2, 0.25) is 0 Å². The van der Waals surface area contributed by atoms with Crippen LogP contribution in [-0.4, -0.2) is 55.7 Å². The maximum absolute atomic E-state index is 13.0. The maximum atomic E-state index is 13.0. The molecule has 1 saturated carbocycles. The van der Waals surface area contributed by atoms with E-state index in [1.165, 1.54) is 11.1 Å². The van der Waals surface area contributed by atoms with Gasteiger partial charge in [-0.05, 0) is 50.9 Å². The number of rotatable bonds is 5. The second-order valence-corrected chi connectivity index (χ2v) is 8.61. The molecule has 4 atom stereocenters. The molecule has 146 valence electrons. The van der Waals surface area contributed by atoms with Gasteiger partial charge in [-0.25, -0.2) is 0 Å². The number of carbonyl (C=O) groups excluding carboxylic acids is 1. The molecule has 5 heteroatoms. The normalized spacial score (nSPS) is 36.3. The molecule has 27 heavy (non-hydrogen) atoms. The van der Waals surface area contributed by atoms with Gasteiger partial charge in [0.05, 0.1) is 18.1 Å². The van der Waals surface area contributed by atoms with Gasteiger partial charge < -0.3 is 19.1 Å². The van der Waals surface area contributed by atoms with E-state index in [9.17, 15) is 4.79 Å². The van der Waals surface area contributed by atoms with Gasteiger partial charge in [0.15, 0.2) is 23.4 Å². The first kappa shape index (κ1) is 17.5. The molecule has 5 nitrogen and oxygen atoms in total. The first-order chi connectivity index (χ1) is 13.1. The molecule has 2 heterocycles. The van der Waals surface area contributed by atoms with Crippen LogP contribution >= 0.6 is 0 Å². The topological polar surface area (TPSA) is 48.0 Å². The van der Waals surface area contributed by atoms with Gasteiger partial charge in [0.25, 0.3) is 0 Å². The third kappa shape index (κ3) is 1.99. The minimum absolute atomic E-state index is 0.221. The van der Waals surface area contributed by atoms with E-state index in [4.69, 9.17) is 14.2 Å². The number of benzene rings is 1. The molecule has 1 aromatic rings. The summed E-state index contributed by atoms with van der Waals surface area (Å²) in [5.74, 6) is 1.76. The van der Waals surface area contributed by atoms with Crippen LogP contribution in [0.15, 0.2) is 12.1 Å². The van der Waals surface area contributed by atoms with Gasteiger partial charge in [-0.1, -0.05) is 19.4 Å². The lowest BCUT2D eigenvalue weighted by atomic mass is 9.49. The maximum Gasteiger partial charge on any atom is 0.174 e. The molecule has 0 radical (unpaired) electrons. The molecule has 1 unspecified atom stereocenters. The van der Waals surface area contributed by atoms with Crippen molar-refractivity contribution in [1.29, 1.82) is 0 Å². The van der Waals surface area contributed by atoms with E-state index in [0.29, 0.717) is 6.42 Å². The van der Waals surface area contributed by atoms with Crippen molar-refractivity contribution in [3.63, 3.8) is 0 Å². The number of unbranched alkanes of at least 4 members (excludes halogenated alkanes) is 1. The van der Waals surface area contributed by atoms with Crippen molar-refractivity contribution in [2.45, 2.75) is 68.6 Å². The zero-order valence-electron chi connectivity index (χ0n) is 16.5. The average molecular weight is 371 g/mol. The van der Waals surface area contributed by atoms with E-state index in [2.05, 4.69) is 24.9 Å². The van der Waals surface area contributed by atoms with Crippen molar-refractivity contribution in [1.82, 2.24) is 4.90 Å². The van der Waals surface area contributed by atoms with Crippen LogP contribution in [0.1, 0.15) is 50.2 Å². The Morgan fingerprint density at radius 3 is 2.96 bits per heavy atom. The van der Waals surface area contributed by atoms with Crippen molar-refractivity contribution in [2.75, 3.05) is 27.3 Å². The Morgan fingerprint density at radius 1 is 1.33 bits per heavy atom. The van der Waals surface area contributed by atoms with E-state index in [1.54, 1.807) is 7.11 Å². The standard InChI is InChI=1S/C22H29NO4/c1-4-5-12-26-22-9-8-15(24)20-21(22)10-11-23(2)17(22)13-14-6-7-16(25-3)19(27-20)18(14)21/h6-7,17,20H,4-5,8-13H2,1-3H3/t17-,20?,21+,22-/m1/s1. The van der Waals surface area contributed by atoms with E-state index >= 15 is 0 Å². The lowest BCUT2D eigenvalue weighted by molar-refractivity contribution is -0.210. The molecule has 4 aliphatic rings. The molecule has 0 N–H and O–H groups in total. The van der Waals surface area contributed by atoms with Gasteiger partial charge in [-0.3, -0.25) is 4.79 Å². The number of ketones is 1. The summed E-state index contributed by atoms with van der Waals surface area (Å²) in [6, 6.07) is 4.45. The Balaban J connectivity index is 1.75. The number of nitrogens with zero attached hydrogens (tertiary/aromatic N) is 1. The predicted octanol–water partition coefficient (Wildman–Crippen LogP) is 2.87. The molecule has 0 aromatic heterocycles. The summed E-state index contributed by atoms with van der Waals surface area (Å²) in [7, 11) is 3.88. The molecule has 0 amide bonds. The smallest absolute Gasteiger partial charge is 0.174 e. The van der Waals surface area contributed by atoms with Crippen LogP contribution in [0.25, 0.3) is 0 Å². The summed E-state index contributed by atoms with van der Waals surface area (Å²) in [6.07, 6.45) is 4.89. The molecular weight excluding hydrogens is 342 g/mol. The monoisotopic (exact) mass is 371 g/mol. The fourth-order valence-electron chi connectivity index (χ4n) is 6.35. The molecule has 2 aliphatic heterocycles. The summed E-state index contributed by atoms with van der Waals surface area (Å²) in [4.78, 5) is 15.5. The first-order valence-electron chi connectivity index (χ1n) is 10.3. The Kier molecular flexibility index (Phi) is 3.86. The van der Waals surface area contributed by atoms with Crippen molar-refractivity contribution >= 4 is 5.78 Å². The number of piperidine rings is 1. The average Bonchev–Trinajstić information content (AvgIpc) is 3.03. The lowest BCUT2D eigenvalue weighted by Crippen LogP contribution is -2.77. The Hall–Kier alpha value is -1.59. The second kappa shape index (κ2) is 5.95. The second-order valence-electron chi connectivity index (χ2n) is 8.61. The fraction of sp³-hybridized carbons (Fsp3) is 0.682. The number of ether oxygens (including phenoxy) is 3. The molecule has 1 aromatic carbocycles. The van der Waals surface area contributed by atoms with Crippen LogP contribution < -0.4 is 9.47 Å². The van der Waals surface area contributed by atoms with Crippen LogP contribution in [0.2, 0.25) is 0 Å². The molecular formula is C22H29NO4. The van der Waals surface area contributed by atoms with Crippen molar-refractivity contribution < 1.29 is 19.0 Å². The quantitative estimate of drug-likeness (QED) is 0.745. The van der Waals surface area contributed by atoms with E-state index < -0.39 is 6.10 Å². The summed E-state index contributed by atoms with van der Waals surface area (Å²) in [5.41, 5.74) is 1.79. The largest absolute Gasteiger partial charge is 0.493 e. The predicted molar refractivity (Wildman–Crippen MR) is 102 cm³/mol. The minimum atomic E-state index is -0.436. The Labute approximate surface area is 161 Å². The summed E-state index contributed by atoms with van der Waals surface area (Å²) >= 11 is 0. The van der Waals surface area contributed by atoms with Crippen LogP contribution in [0.3, 0.4) is 0 Å². The van der Waals surface area contributed by atoms with Gasteiger partial charge in [-0.2, -0.15) is 0 Å². The number of carbonyl (C=O) groups is 1. The fourth-order valence-corrected chi connectivity index (χ4v) is 6.35. The molecule has 1 spiro atoms.